The fraction of sp³-hybridized carbons (Fsp3) is 0.500. The summed E-state index contributed by atoms with van der Waals surface area (Å²) >= 11 is 0. The van der Waals surface area contributed by atoms with Gasteiger partial charge in [-0.2, -0.15) is 0 Å². The Morgan fingerprint density at radius 3 is 3.18 bits per heavy atom. The summed E-state index contributed by atoms with van der Waals surface area (Å²) in [6.07, 6.45) is -0.250. The molecule has 3 N–H and O–H groups in total. The zero-order chi connectivity index (χ0) is 13.6. The summed E-state index contributed by atoms with van der Waals surface area (Å²) in [4.78, 5) is 12.0. The molecule has 0 amide bonds. The van der Waals surface area contributed by atoms with Crippen LogP contribution in [0.25, 0.3) is 11.2 Å². The summed E-state index contributed by atoms with van der Waals surface area (Å²) in [5, 5.41) is 9.13. The highest BCUT2D eigenvalue weighted by Gasteiger charge is 2.27. The molecule has 0 radical (unpaired) electrons. The van der Waals surface area contributed by atoms with Crippen LogP contribution in [0.3, 0.4) is 0 Å². The quantitative estimate of drug-likeness (QED) is 0.769. The highest BCUT2D eigenvalue weighted by Crippen LogP contribution is 2.30. The standard InChI is InChI=1S/C10H13N5O2/c11-9-8-10(13-4-12-9)15(5-14-8)7-2-1-6(3-16)17-7/h4-7,16H,1-3H2,(H2,11,12,13)/t6-,7+/m0/s1/i1T,2T/t1?,2?,6-,7+. The fourth-order valence-corrected chi connectivity index (χ4v) is 1.81. The monoisotopic (exact) mass is 239 g/mol. The second-order valence-corrected chi connectivity index (χ2v) is 3.72. The normalized spacial score (nSPS) is 34.9. The second kappa shape index (κ2) is 3.94. The lowest BCUT2D eigenvalue weighted by molar-refractivity contribution is -0.0207. The van der Waals surface area contributed by atoms with Crippen molar-refractivity contribution in [1.29, 1.82) is 0 Å². The van der Waals surface area contributed by atoms with Crippen molar-refractivity contribution in [2.45, 2.75) is 25.1 Å². The predicted molar refractivity (Wildman–Crippen MR) is 60.0 cm³/mol. The topological polar surface area (TPSA) is 99.1 Å². The average molecular weight is 239 g/mol. The van der Waals surface area contributed by atoms with E-state index in [1.54, 1.807) is 4.57 Å². The van der Waals surface area contributed by atoms with Crippen LogP contribution in [0, 0.1) is 0 Å². The molecule has 4 atom stereocenters. The zero-order valence-electron chi connectivity index (χ0n) is 10.9. The van der Waals surface area contributed by atoms with Gasteiger partial charge < -0.3 is 15.6 Å². The summed E-state index contributed by atoms with van der Waals surface area (Å²) in [6.45, 7) is -0.288. The van der Waals surface area contributed by atoms with E-state index in [0.29, 0.717) is 11.2 Å². The number of hydrogen-bond acceptors (Lipinski definition) is 6. The number of imidazole rings is 1. The number of nitrogens with two attached hydrogens (primary N) is 1. The van der Waals surface area contributed by atoms with Gasteiger partial charge in [0.2, 0.25) is 0 Å². The molecule has 2 unspecified atom stereocenters. The van der Waals surface area contributed by atoms with Gasteiger partial charge in [-0.05, 0) is 12.8 Å². The zero-order valence-corrected chi connectivity index (χ0v) is 8.89. The third-order valence-electron chi connectivity index (χ3n) is 2.65. The Kier molecular flexibility index (Phi) is 1.94. The molecular weight excluding hydrogens is 222 g/mol. The molecule has 1 fully saturated rings. The molecule has 3 rings (SSSR count). The van der Waals surface area contributed by atoms with Crippen LogP contribution in [-0.2, 0) is 4.74 Å². The molecule has 17 heavy (non-hydrogen) atoms. The van der Waals surface area contributed by atoms with E-state index in [9.17, 15) is 0 Å². The van der Waals surface area contributed by atoms with Gasteiger partial charge >= 0.3 is 0 Å². The van der Waals surface area contributed by atoms with Gasteiger partial charge in [0.05, 0.1) is 19.0 Å². The summed E-state index contributed by atoms with van der Waals surface area (Å²) in [7, 11) is 0. The Labute approximate surface area is 100 Å². The van der Waals surface area contributed by atoms with Crippen LogP contribution in [0.5, 0.6) is 0 Å². The van der Waals surface area contributed by atoms with Gasteiger partial charge in [0.1, 0.15) is 18.1 Å². The van der Waals surface area contributed by atoms with E-state index in [-0.39, 0.29) is 12.4 Å². The lowest BCUT2D eigenvalue weighted by atomic mass is 10.2. The van der Waals surface area contributed by atoms with Crippen molar-refractivity contribution in [2.75, 3.05) is 12.3 Å². The molecule has 0 aromatic carbocycles. The first-order chi connectivity index (χ1) is 9.13. The van der Waals surface area contributed by atoms with Crippen LogP contribution in [0.4, 0.5) is 5.82 Å². The van der Waals surface area contributed by atoms with Crippen molar-refractivity contribution in [1.82, 2.24) is 19.5 Å². The summed E-state index contributed by atoms with van der Waals surface area (Å²) in [5.41, 5.74) is 6.59. The maximum absolute atomic E-state index is 9.13. The smallest absolute Gasteiger partial charge is 0.167 e. The van der Waals surface area contributed by atoms with E-state index >= 15 is 0 Å². The highest BCUT2D eigenvalue weighted by molar-refractivity contribution is 5.81. The minimum absolute atomic E-state index is 0.254. The number of aromatic nitrogens is 4. The number of nitrogens with zero attached hydrogens (tertiary/aromatic N) is 4. The molecule has 1 aliphatic heterocycles. The van der Waals surface area contributed by atoms with E-state index in [2.05, 4.69) is 15.0 Å². The first kappa shape index (κ1) is 8.37. The van der Waals surface area contributed by atoms with Crippen molar-refractivity contribution in [3.05, 3.63) is 12.7 Å². The lowest BCUT2D eigenvalue weighted by Crippen LogP contribution is -2.14. The third-order valence-corrected chi connectivity index (χ3v) is 2.65. The summed E-state index contributed by atoms with van der Waals surface area (Å²) < 4.78 is 22.9. The van der Waals surface area contributed by atoms with Gasteiger partial charge in [-0.25, -0.2) is 15.0 Å². The van der Waals surface area contributed by atoms with Crippen LogP contribution in [0.1, 0.15) is 21.8 Å². The van der Waals surface area contributed by atoms with Gasteiger partial charge in [0.25, 0.3) is 0 Å². The largest absolute Gasteiger partial charge is 0.394 e. The maximum Gasteiger partial charge on any atom is 0.167 e. The van der Waals surface area contributed by atoms with Gasteiger partial charge in [0.15, 0.2) is 11.5 Å². The van der Waals surface area contributed by atoms with Crippen molar-refractivity contribution in [3.63, 3.8) is 0 Å². The van der Waals surface area contributed by atoms with E-state index in [1.165, 1.54) is 12.7 Å². The summed E-state index contributed by atoms with van der Waals surface area (Å²) in [5.74, 6) is 0.254. The summed E-state index contributed by atoms with van der Waals surface area (Å²) in [6, 6.07) is 0. The molecule has 0 saturated carbocycles. The van der Waals surface area contributed by atoms with Crippen molar-refractivity contribution in [3.8, 4) is 0 Å². The minimum Gasteiger partial charge on any atom is -0.394 e. The van der Waals surface area contributed by atoms with E-state index < -0.39 is 25.1 Å². The Hall–Kier alpha value is -1.73. The molecule has 0 spiro atoms. The maximum atomic E-state index is 9.13. The molecule has 1 saturated heterocycles. The van der Waals surface area contributed by atoms with Gasteiger partial charge in [0, 0.05) is 2.74 Å². The van der Waals surface area contributed by atoms with Crippen LogP contribution in [-0.4, -0.2) is 37.3 Å². The Balaban J connectivity index is 2.04. The van der Waals surface area contributed by atoms with Crippen molar-refractivity contribution in [2.24, 2.45) is 0 Å². The number of nitrogen functional groups attached to an aromatic ring is 1. The van der Waals surface area contributed by atoms with Crippen LogP contribution < -0.4 is 5.73 Å². The van der Waals surface area contributed by atoms with E-state index in [4.69, 9.17) is 18.3 Å². The van der Waals surface area contributed by atoms with Crippen molar-refractivity contribution < 1.29 is 12.6 Å². The first-order valence-corrected chi connectivity index (χ1v) is 5.17. The first-order valence-electron chi connectivity index (χ1n) is 6.32. The number of hydrogen-bond donors (Lipinski definition) is 2. The predicted octanol–water partition coefficient (Wildman–Crippen LogP) is 0.0784. The average Bonchev–Trinajstić information content (AvgIpc) is 2.94. The van der Waals surface area contributed by atoms with E-state index in [1.807, 2.05) is 0 Å². The van der Waals surface area contributed by atoms with Gasteiger partial charge in [-0.1, -0.05) is 0 Å². The highest BCUT2D eigenvalue weighted by atomic mass is 16.5. The molecule has 90 valence electrons. The third kappa shape index (κ3) is 1.63. The molecule has 2 aromatic rings. The van der Waals surface area contributed by atoms with Crippen LogP contribution in [0.15, 0.2) is 12.7 Å². The van der Waals surface area contributed by atoms with Crippen LogP contribution >= 0.6 is 0 Å². The molecule has 0 aliphatic carbocycles. The van der Waals surface area contributed by atoms with Crippen LogP contribution in [0.2, 0.25) is 0 Å². The SMILES string of the molecule is [3H]C1C([3H])[C@@H](CO)O[C@H]1n1cnc2c(N)ncnc21. The molecule has 1 aliphatic rings. The fourth-order valence-electron chi connectivity index (χ4n) is 1.81. The Bertz CT molecular complexity index is 607. The number of rotatable bonds is 2. The number of aliphatic hydroxyl groups is 1. The molecular formula is C10H13N5O2. The van der Waals surface area contributed by atoms with Gasteiger partial charge in [-0.15, -0.1) is 0 Å². The van der Waals surface area contributed by atoms with Crippen molar-refractivity contribution >= 4 is 17.0 Å². The minimum atomic E-state index is -0.828. The Morgan fingerprint density at radius 1 is 1.53 bits per heavy atom. The Morgan fingerprint density at radius 2 is 2.41 bits per heavy atom. The number of aliphatic hydroxyl groups excluding tert-OH is 1. The molecule has 7 heteroatoms. The molecule has 2 aromatic heterocycles. The van der Waals surface area contributed by atoms with E-state index in [0.717, 1.165) is 0 Å². The van der Waals surface area contributed by atoms with Gasteiger partial charge in [-0.3, -0.25) is 4.57 Å². The lowest BCUT2D eigenvalue weighted by Gasteiger charge is -2.13. The number of ether oxygens (including phenoxy) is 1. The molecule has 7 nitrogen and oxygen atoms in total. The number of anilines is 1. The second-order valence-electron chi connectivity index (χ2n) is 3.72. The number of fused-ring (bicyclic) bond motifs is 1. The molecule has 3 heterocycles. The molecule has 0 bridgehead atoms.